The van der Waals surface area contributed by atoms with E-state index in [0.717, 1.165) is 26.0 Å². The zero-order valence-electron chi connectivity index (χ0n) is 13.8. The van der Waals surface area contributed by atoms with Gasteiger partial charge in [-0.25, -0.2) is 14.6 Å². The molecule has 26 heavy (non-hydrogen) atoms. The van der Waals surface area contributed by atoms with Crippen LogP contribution in [0.2, 0.25) is 0 Å². The highest BCUT2D eigenvalue weighted by Gasteiger charge is 2.16. The first kappa shape index (κ1) is 16.9. The number of fused-ring (bicyclic) bond motifs is 1. The minimum Gasteiger partial charge on any atom is -0.309 e. The molecular weight excluding hydrogens is 414 g/mol. The Balaban J connectivity index is 1.64. The Labute approximate surface area is 162 Å². The van der Waals surface area contributed by atoms with Crippen LogP contribution in [0, 0.1) is 6.92 Å². The zero-order valence-corrected chi connectivity index (χ0v) is 16.2. The topological polar surface area (TPSA) is 72.7 Å². The molecular formula is C18H14BrN5OS. The Bertz CT molecular complexity index is 1070. The molecule has 0 aromatic carbocycles. The summed E-state index contributed by atoms with van der Waals surface area (Å²) in [5.74, 6) is 0.297. The fourth-order valence-electron chi connectivity index (χ4n) is 2.80. The number of pyridine rings is 2. The Kier molecular flexibility index (Phi) is 4.52. The lowest BCUT2D eigenvalue weighted by Gasteiger charge is -2.06. The quantitative estimate of drug-likeness (QED) is 0.527. The highest BCUT2D eigenvalue weighted by Crippen LogP contribution is 2.32. The number of carbonyl (C=O) groups excluding carboxylic acids is 1. The molecule has 4 aromatic heterocycles. The number of nitrogens with one attached hydrogen (secondary N) is 1. The molecule has 1 amide bonds. The number of hydrogen-bond donors (Lipinski definition) is 1. The van der Waals surface area contributed by atoms with E-state index in [1.54, 1.807) is 34.5 Å². The van der Waals surface area contributed by atoms with Crippen LogP contribution in [-0.4, -0.2) is 25.7 Å². The van der Waals surface area contributed by atoms with Gasteiger partial charge in [0.15, 0.2) is 5.65 Å². The van der Waals surface area contributed by atoms with Crippen LogP contribution in [0.15, 0.2) is 52.6 Å². The summed E-state index contributed by atoms with van der Waals surface area (Å²) in [6, 6.07) is 9.64. The molecule has 0 aliphatic carbocycles. The van der Waals surface area contributed by atoms with E-state index < -0.39 is 0 Å². The minimum absolute atomic E-state index is 0.0724. The molecule has 4 rings (SSSR count). The highest BCUT2D eigenvalue weighted by molar-refractivity contribution is 9.10. The van der Waals surface area contributed by atoms with Crippen LogP contribution < -0.4 is 5.32 Å². The van der Waals surface area contributed by atoms with Crippen molar-refractivity contribution in [3.05, 3.63) is 58.3 Å². The zero-order chi connectivity index (χ0) is 18.1. The first-order chi connectivity index (χ1) is 12.6. The fourth-order valence-corrected chi connectivity index (χ4v) is 3.79. The number of aryl methyl sites for hydroxylation is 1. The summed E-state index contributed by atoms with van der Waals surface area (Å²) in [6.07, 6.45) is 3.39. The van der Waals surface area contributed by atoms with Gasteiger partial charge in [0, 0.05) is 27.3 Å². The van der Waals surface area contributed by atoms with Gasteiger partial charge < -0.3 is 5.32 Å². The van der Waals surface area contributed by atoms with Crippen LogP contribution in [0.5, 0.6) is 0 Å². The molecule has 0 saturated heterocycles. The van der Waals surface area contributed by atoms with E-state index in [0.29, 0.717) is 11.5 Å². The smallest absolute Gasteiger partial charge is 0.247 e. The van der Waals surface area contributed by atoms with Gasteiger partial charge >= 0.3 is 0 Å². The molecule has 0 saturated carbocycles. The maximum atomic E-state index is 12.4. The third-order valence-electron chi connectivity index (χ3n) is 3.88. The molecule has 0 radical (unpaired) electrons. The van der Waals surface area contributed by atoms with Gasteiger partial charge in [-0.2, -0.15) is 5.10 Å². The molecule has 0 bridgehead atoms. The summed E-state index contributed by atoms with van der Waals surface area (Å²) in [5.41, 5.74) is 2.64. The van der Waals surface area contributed by atoms with Crippen molar-refractivity contribution in [2.75, 3.05) is 5.32 Å². The summed E-state index contributed by atoms with van der Waals surface area (Å²) in [6.45, 7) is 2.01. The van der Waals surface area contributed by atoms with E-state index >= 15 is 0 Å². The number of hydrogen-bond acceptors (Lipinski definition) is 5. The summed E-state index contributed by atoms with van der Waals surface area (Å²) < 4.78 is 2.49. The van der Waals surface area contributed by atoms with Crippen molar-refractivity contribution < 1.29 is 4.79 Å². The van der Waals surface area contributed by atoms with Crippen LogP contribution in [0.4, 0.5) is 5.82 Å². The van der Waals surface area contributed by atoms with Crippen molar-refractivity contribution in [1.29, 1.82) is 0 Å². The normalized spacial score (nSPS) is 11.0. The van der Waals surface area contributed by atoms with Crippen molar-refractivity contribution in [3.63, 3.8) is 0 Å². The van der Waals surface area contributed by atoms with Crippen LogP contribution in [-0.2, 0) is 11.3 Å². The van der Waals surface area contributed by atoms with Crippen LogP contribution >= 0.6 is 27.3 Å². The second-order valence-corrected chi connectivity index (χ2v) is 7.55. The molecule has 4 heterocycles. The highest BCUT2D eigenvalue weighted by atomic mass is 79.9. The van der Waals surface area contributed by atoms with Gasteiger partial charge in [-0.05, 0) is 52.5 Å². The van der Waals surface area contributed by atoms with E-state index in [-0.39, 0.29) is 12.5 Å². The number of nitrogens with zero attached hydrogens (tertiary/aromatic N) is 4. The Hall–Kier alpha value is -2.58. The number of amides is 1. The van der Waals surface area contributed by atoms with Crippen molar-refractivity contribution >= 4 is 50.0 Å². The third kappa shape index (κ3) is 3.25. The van der Waals surface area contributed by atoms with Crippen LogP contribution in [0.1, 0.15) is 5.69 Å². The van der Waals surface area contributed by atoms with E-state index in [1.807, 2.05) is 30.5 Å². The van der Waals surface area contributed by atoms with Gasteiger partial charge in [-0.3, -0.25) is 4.79 Å². The second-order valence-electron chi connectivity index (χ2n) is 5.69. The van der Waals surface area contributed by atoms with Crippen LogP contribution in [0.25, 0.3) is 21.5 Å². The van der Waals surface area contributed by atoms with E-state index in [1.165, 1.54) is 0 Å². The molecule has 6 nitrogen and oxygen atoms in total. The number of anilines is 1. The van der Waals surface area contributed by atoms with Gasteiger partial charge in [-0.1, -0.05) is 6.07 Å². The van der Waals surface area contributed by atoms with Gasteiger partial charge in [-0.15, -0.1) is 11.3 Å². The third-order valence-corrected chi connectivity index (χ3v) is 5.26. The summed E-state index contributed by atoms with van der Waals surface area (Å²) >= 11 is 4.99. The van der Waals surface area contributed by atoms with Crippen molar-refractivity contribution in [1.82, 2.24) is 19.7 Å². The first-order valence-electron chi connectivity index (χ1n) is 7.89. The number of thiophene rings is 1. The molecule has 0 aliphatic rings. The molecule has 1 N–H and O–H groups in total. The second kappa shape index (κ2) is 6.97. The molecule has 4 aromatic rings. The maximum absolute atomic E-state index is 12.4. The number of aromatic nitrogens is 4. The summed E-state index contributed by atoms with van der Waals surface area (Å²) in [5, 5.41) is 10.3. The maximum Gasteiger partial charge on any atom is 0.247 e. The Morgan fingerprint density at radius 1 is 1.27 bits per heavy atom. The Morgan fingerprint density at radius 2 is 2.15 bits per heavy atom. The Morgan fingerprint density at radius 3 is 2.88 bits per heavy atom. The molecule has 0 atom stereocenters. The predicted molar refractivity (Wildman–Crippen MR) is 106 cm³/mol. The first-order valence-corrected chi connectivity index (χ1v) is 9.56. The minimum atomic E-state index is -0.201. The van der Waals surface area contributed by atoms with Crippen molar-refractivity contribution in [2.45, 2.75) is 13.5 Å². The lowest BCUT2D eigenvalue weighted by atomic mass is 10.1. The van der Waals surface area contributed by atoms with E-state index in [9.17, 15) is 4.79 Å². The van der Waals surface area contributed by atoms with E-state index in [4.69, 9.17) is 0 Å². The van der Waals surface area contributed by atoms with Crippen molar-refractivity contribution in [2.24, 2.45) is 0 Å². The van der Waals surface area contributed by atoms with E-state index in [2.05, 4.69) is 42.4 Å². The van der Waals surface area contributed by atoms with Crippen LogP contribution in [0.3, 0.4) is 0 Å². The number of rotatable bonds is 4. The van der Waals surface area contributed by atoms with Gasteiger partial charge in [0.05, 0.1) is 11.1 Å². The molecule has 8 heteroatoms. The molecule has 130 valence electrons. The molecule has 0 aliphatic heterocycles. The lowest BCUT2D eigenvalue weighted by molar-refractivity contribution is -0.116. The van der Waals surface area contributed by atoms with Crippen molar-refractivity contribution in [3.8, 4) is 10.4 Å². The molecule has 0 fully saturated rings. The van der Waals surface area contributed by atoms with Gasteiger partial charge in [0.1, 0.15) is 12.4 Å². The lowest BCUT2D eigenvalue weighted by Crippen LogP contribution is -2.20. The number of halogens is 1. The molecule has 0 unspecified atom stereocenters. The monoisotopic (exact) mass is 427 g/mol. The van der Waals surface area contributed by atoms with Gasteiger partial charge in [0.2, 0.25) is 5.91 Å². The average Bonchev–Trinajstić information content (AvgIpc) is 3.26. The standard InChI is InChI=1S/C18H14BrN5OS/c1-11-17-13(14-3-2-8-26-14)6-7-20-18(17)24(23-11)10-16(25)22-15-5-4-12(19)9-21-15/h2-9H,10H2,1H3,(H,21,22,25). The average molecular weight is 428 g/mol. The van der Waals surface area contributed by atoms with Gasteiger partial charge in [0.25, 0.3) is 0 Å². The SMILES string of the molecule is Cc1nn(CC(=O)Nc2ccc(Br)cn2)c2nccc(-c3cccs3)c12. The summed E-state index contributed by atoms with van der Waals surface area (Å²) in [4.78, 5) is 22.1. The largest absolute Gasteiger partial charge is 0.309 e. The molecule has 0 spiro atoms. The number of carbonyl (C=O) groups is 1. The fraction of sp³-hybridized carbons (Fsp3) is 0.111. The summed E-state index contributed by atoms with van der Waals surface area (Å²) in [7, 11) is 0. The predicted octanol–water partition coefficient (Wildman–Crippen LogP) is 4.26.